The van der Waals surface area contributed by atoms with Gasteiger partial charge in [-0.2, -0.15) is 0 Å². The molecule has 2 heterocycles. The molecule has 0 aliphatic carbocycles. The summed E-state index contributed by atoms with van der Waals surface area (Å²) in [7, 11) is 0. The van der Waals surface area contributed by atoms with Gasteiger partial charge in [0, 0.05) is 11.4 Å². The SMILES string of the molecule is CCCC1(O)CSC(=S)N1c1cccc(C)n1. The molecule has 3 nitrogen and oxygen atoms in total. The molecule has 0 radical (unpaired) electrons. The number of thiocarbonyl (C=S) groups is 1. The van der Waals surface area contributed by atoms with E-state index in [2.05, 4.69) is 11.9 Å². The maximum atomic E-state index is 10.6. The zero-order chi connectivity index (χ0) is 12.5. The summed E-state index contributed by atoms with van der Waals surface area (Å²) in [6.45, 7) is 4.00. The van der Waals surface area contributed by atoms with Crippen LogP contribution in [0.25, 0.3) is 0 Å². The van der Waals surface area contributed by atoms with Crippen molar-refractivity contribution in [2.45, 2.75) is 32.4 Å². The second kappa shape index (κ2) is 4.92. The first-order chi connectivity index (χ1) is 8.07. The third-order valence-corrected chi connectivity index (χ3v) is 4.35. The first-order valence-corrected chi connectivity index (χ1v) is 7.09. The minimum absolute atomic E-state index is 0.620. The lowest BCUT2D eigenvalue weighted by Crippen LogP contribution is -2.47. The van der Waals surface area contributed by atoms with Gasteiger partial charge >= 0.3 is 0 Å². The summed E-state index contributed by atoms with van der Waals surface area (Å²) >= 11 is 6.84. The highest BCUT2D eigenvalue weighted by Gasteiger charge is 2.43. The number of nitrogens with zero attached hydrogens (tertiary/aromatic N) is 2. The molecule has 1 aromatic heterocycles. The Hall–Kier alpha value is -0.650. The normalized spacial score (nSPS) is 24.4. The van der Waals surface area contributed by atoms with Gasteiger partial charge in [-0.15, -0.1) is 0 Å². The van der Waals surface area contributed by atoms with Gasteiger partial charge in [0.1, 0.15) is 10.1 Å². The molecule has 5 heteroatoms. The third kappa shape index (κ3) is 2.46. The number of hydrogen-bond donors (Lipinski definition) is 1. The Labute approximate surface area is 111 Å². The molecule has 1 aliphatic heterocycles. The zero-order valence-electron chi connectivity index (χ0n) is 10.0. The van der Waals surface area contributed by atoms with Crippen LogP contribution in [-0.2, 0) is 0 Å². The van der Waals surface area contributed by atoms with Gasteiger partial charge < -0.3 is 5.11 Å². The number of thioether (sulfide) groups is 1. The van der Waals surface area contributed by atoms with Crippen LogP contribution in [0.4, 0.5) is 5.82 Å². The summed E-state index contributed by atoms with van der Waals surface area (Å²) in [6, 6.07) is 5.77. The monoisotopic (exact) mass is 268 g/mol. The Bertz CT molecular complexity index is 438. The molecule has 1 saturated heterocycles. The van der Waals surface area contributed by atoms with Gasteiger partial charge in [0.2, 0.25) is 0 Å². The molecule has 2 rings (SSSR count). The lowest BCUT2D eigenvalue weighted by Gasteiger charge is -2.33. The van der Waals surface area contributed by atoms with Gasteiger partial charge in [-0.05, 0) is 25.5 Å². The molecule has 0 aromatic carbocycles. The largest absolute Gasteiger partial charge is 0.370 e. The summed E-state index contributed by atoms with van der Waals surface area (Å²) in [4.78, 5) is 6.24. The Balaban J connectivity index is 2.37. The van der Waals surface area contributed by atoms with Crippen LogP contribution >= 0.6 is 24.0 Å². The van der Waals surface area contributed by atoms with Crippen LogP contribution in [0.2, 0.25) is 0 Å². The van der Waals surface area contributed by atoms with E-state index in [-0.39, 0.29) is 0 Å². The summed E-state index contributed by atoms with van der Waals surface area (Å²) < 4.78 is 0.707. The highest BCUT2D eigenvalue weighted by Crippen LogP contribution is 2.37. The van der Waals surface area contributed by atoms with Crippen LogP contribution in [0.3, 0.4) is 0 Å². The molecule has 1 fully saturated rings. The minimum Gasteiger partial charge on any atom is -0.370 e. The average Bonchev–Trinajstić information content (AvgIpc) is 2.55. The number of anilines is 1. The highest BCUT2D eigenvalue weighted by molar-refractivity contribution is 8.23. The molecular weight excluding hydrogens is 252 g/mol. The van der Waals surface area contributed by atoms with Gasteiger partial charge in [-0.1, -0.05) is 43.4 Å². The number of pyridine rings is 1. The lowest BCUT2D eigenvalue weighted by atomic mass is 10.1. The van der Waals surface area contributed by atoms with Gasteiger partial charge in [0.05, 0.1) is 0 Å². The van der Waals surface area contributed by atoms with Crippen LogP contribution in [0.15, 0.2) is 18.2 Å². The van der Waals surface area contributed by atoms with Gasteiger partial charge in [-0.3, -0.25) is 4.90 Å². The lowest BCUT2D eigenvalue weighted by molar-refractivity contribution is 0.0684. The van der Waals surface area contributed by atoms with Crippen LogP contribution in [-0.4, -0.2) is 25.9 Å². The van der Waals surface area contributed by atoms with Gasteiger partial charge in [0.15, 0.2) is 5.72 Å². The molecule has 1 unspecified atom stereocenters. The van der Waals surface area contributed by atoms with Crippen molar-refractivity contribution < 1.29 is 5.11 Å². The van der Waals surface area contributed by atoms with Crippen LogP contribution in [0.1, 0.15) is 25.5 Å². The van der Waals surface area contributed by atoms with Crippen molar-refractivity contribution >= 4 is 34.1 Å². The number of aryl methyl sites for hydroxylation is 1. The molecule has 17 heavy (non-hydrogen) atoms. The van der Waals surface area contributed by atoms with Crippen molar-refractivity contribution in [2.75, 3.05) is 10.7 Å². The van der Waals surface area contributed by atoms with Crippen molar-refractivity contribution in [2.24, 2.45) is 0 Å². The Morgan fingerprint density at radius 2 is 2.35 bits per heavy atom. The van der Waals surface area contributed by atoms with E-state index in [1.54, 1.807) is 4.90 Å². The Morgan fingerprint density at radius 3 is 3.00 bits per heavy atom. The molecule has 0 spiro atoms. The van der Waals surface area contributed by atoms with Crippen LogP contribution < -0.4 is 4.90 Å². The standard InChI is InChI=1S/C12H16N2OS2/c1-3-7-12(15)8-17-11(16)14(12)10-6-4-5-9(2)13-10/h4-6,15H,3,7-8H2,1-2H3. The molecule has 0 saturated carbocycles. The van der Waals surface area contributed by atoms with E-state index in [0.717, 1.165) is 17.9 Å². The van der Waals surface area contributed by atoms with Gasteiger partial charge in [0.25, 0.3) is 0 Å². The second-order valence-corrected chi connectivity index (χ2v) is 5.87. The first kappa shape index (κ1) is 12.8. The van der Waals surface area contributed by atoms with E-state index in [1.165, 1.54) is 11.8 Å². The summed E-state index contributed by atoms with van der Waals surface area (Å²) in [5.74, 6) is 1.37. The average molecular weight is 268 g/mol. The Kier molecular flexibility index (Phi) is 3.70. The number of aromatic nitrogens is 1. The van der Waals surface area contributed by atoms with Crippen molar-refractivity contribution in [3.05, 3.63) is 23.9 Å². The fourth-order valence-corrected chi connectivity index (χ4v) is 3.48. The van der Waals surface area contributed by atoms with E-state index in [1.807, 2.05) is 25.1 Å². The molecule has 1 N–H and O–H groups in total. The first-order valence-electron chi connectivity index (χ1n) is 5.70. The van der Waals surface area contributed by atoms with Crippen LogP contribution in [0.5, 0.6) is 0 Å². The molecule has 0 amide bonds. The number of hydrogen-bond acceptors (Lipinski definition) is 4. The molecule has 1 aromatic rings. The van der Waals surface area contributed by atoms with E-state index in [0.29, 0.717) is 16.5 Å². The van der Waals surface area contributed by atoms with E-state index in [4.69, 9.17) is 12.2 Å². The predicted molar refractivity (Wildman–Crippen MR) is 76.4 cm³/mol. The predicted octanol–water partition coefficient (Wildman–Crippen LogP) is 2.72. The number of rotatable bonds is 3. The van der Waals surface area contributed by atoms with Gasteiger partial charge in [-0.25, -0.2) is 4.98 Å². The maximum absolute atomic E-state index is 10.6. The zero-order valence-corrected chi connectivity index (χ0v) is 11.6. The summed E-state index contributed by atoms with van der Waals surface area (Å²) in [5, 5.41) is 10.6. The summed E-state index contributed by atoms with van der Waals surface area (Å²) in [5.41, 5.74) is 0.0538. The van der Waals surface area contributed by atoms with E-state index < -0.39 is 5.72 Å². The third-order valence-electron chi connectivity index (χ3n) is 2.78. The molecule has 1 atom stereocenters. The minimum atomic E-state index is -0.878. The van der Waals surface area contributed by atoms with Crippen molar-refractivity contribution in [1.82, 2.24) is 4.98 Å². The maximum Gasteiger partial charge on any atom is 0.154 e. The van der Waals surface area contributed by atoms with Crippen LogP contribution in [0, 0.1) is 6.92 Å². The number of aliphatic hydroxyl groups is 1. The van der Waals surface area contributed by atoms with Crippen molar-refractivity contribution in [1.29, 1.82) is 0 Å². The Morgan fingerprint density at radius 1 is 1.59 bits per heavy atom. The van der Waals surface area contributed by atoms with Crippen molar-refractivity contribution in [3.8, 4) is 0 Å². The fourth-order valence-electron chi connectivity index (χ4n) is 2.02. The molecular formula is C12H16N2OS2. The molecule has 92 valence electrons. The van der Waals surface area contributed by atoms with E-state index >= 15 is 0 Å². The smallest absolute Gasteiger partial charge is 0.154 e. The highest BCUT2D eigenvalue weighted by atomic mass is 32.2. The second-order valence-electron chi connectivity index (χ2n) is 4.26. The van der Waals surface area contributed by atoms with Crippen molar-refractivity contribution in [3.63, 3.8) is 0 Å². The molecule has 1 aliphatic rings. The fraction of sp³-hybridized carbons (Fsp3) is 0.500. The topological polar surface area (TPSA) is 36.4 Å². The van der Waals surface area contributed by atoms with E-state index in [9.17, 15) is 5.11 Å². The quantitative estimate of drug-likeness (QED) is 0.853. The summed E-state index contributed by atoms with van der Waals surface area (Å²) in [6.07, 6.45) is 1.62. The molecule has 0 bridgehead atoms.